The van der Waals surface area contributed by atoms with Crippen LogP contribution in [0.4, 0.5) is 0 Å². The Morgan fingerprint density at radius 3 is 2.45 bits per heavy atom. The summed E-state index contributed by atoms with van der Waals surface area (Å²) in [6, 6.07) is 8.15. The second-order valence-electron chi connectivity index (χ2n) is 4.53. The van der Waals surface area contributed by atoms with Crippen LogP contribution in [0.25, 0.3) is 0 Å². The number of benzene rings is 1. The molecule has 2 aromatic rings. The van der Waals surface area contributed by atoms with Gasteiger partial charge in [0.25, 0.3) is 10.0 Å². The molecule has 8 heteroatoms. The average molecular weight is 337 g/mol. The van der Waals surface area contributed by atoms with Gasteiger partial charge in [0.05, 0.1) is 10.1 Å². The van der Waals surface area contributed by atoms with Crippen LogP contribution in [0.1, 0.15) is 12.5 Å². The third kappa shape index (κ3) is 4.05. The zero-order chi connectivity index (χ0) is 16.2. The highest BCUT2D eigenvalue weighted by molar-refractivity contribution is 8.00. The molecule has 0 bridgehead atoms. The van der Waals surface area contributed by atoms with Crippen LogP contribution in [0, 0.1) is 6.92 Å². The van der Waals surface area contributed by atoms with Gasteiger partial charge < -0.3 is 0 Å². The second kappa shape index (κ2) is 6.89. The molecule has 0 aliphatic rings. The number of aromatic nitrogens is 2. The minimum Gasteiger partial charge on any atom is -0.273 e. The third-order valence-electron chi connectivity index (χ3n) is 2.81. The summed E-state index contributed by atoms with van der Waals surface area (Å²) in [5, 5.41) is -0.223. The van der Waals surface area contributed by atoms with Gasteiger partial charge in [-0.15, -0.1) is 0 Å². The molecule has 6 nitrogen and oxygen atoms in total. The van der Waals surface area contributed by atoms with Crippen LogP contribution in [0.15, 0.2) is 52.8 Å². The predicted octanol–water partition coefficient (Wildman–Crippen LogP) is 1.77. The first-order chi connectivity index (χ1) is 10.4. The molecule has 0 radical (unpaired) electrons. The lowest BCUT2D eigenvalue weighted by molar-refractivity contribution is -0.118. The molecule has 1 N–H and O–H groups in total. The van der Waals surface area contributed by atoms with Gasteiger partial charge in [0.15, 0.2) is 5.16 Å². The van der Waals surface area contributed by atoms with Gasteiger partial charge in [-0.3, -0.25) is 4.79 Å². The number of rotatable bonds is 5. The molecule has 0 fully saturated rings. The van der Waals surface area contributed by atoms with E-state index in [1.165, 1.54) is 6.07 Å². The average Bonchev–Trinajstić information content (AvgIpc) is 2.48. The summed E-state index contributed by atoms with van der Waals surface area (Å²) in [5.41, 5.74) is 0.578. The summed E-state index contributed by atoms with van der Waals surface area (Å²) in [6.45, 7) is 3.28. The molecule has 1 aromatic carbocycles. The molecule has 0 aliphatic carbocycles. The van der Waals surface area contributed by atoms with Gasteiger partial charge in [0, 0.05) is 12.4 Å². The minimum atomic E-state index is -3.88. The fraction of sp³-hybridized carbons (Fsp3) is 0.214. The largest absolute Gasteiger partial charge is 0.273 e. The zero-order valence-electron chi connectivity index (χ0n) is 12.1. The lowest BCUT2D eigenvalue weighted by Gasteiger charge is -2.12. The van der Waals surface area contributed by atoms with E-state index in [-0.39, 0.29) is 4.90 Å². The molecule has 0 saturated heterocycles. The summed E-state index contributed by atoms with van der Waals surface area (Å²) >= 11 is 1.09. The number of sulfonamides is 1. The Bertz CT molecular complexity index is 764. The van der Waals surface area contributed by atoms with Gasteiger partial charge in [-0.05, 0) is 31.5 Å². The fourth-order valence-electron chi connectivity index (χ4n) is 1.69. The van der Waals surface area contributed by atoms with Crippen molar-refractivity contribution in [3.8, 4) is 0 Å². The lowest BCUT2D eigenvalue weighted by Crippen LogP contribution is -2.36. The van der Waals surface area contributed by atoms with Crippen molar-refractivity contribution in [3.05, 3.63) is 48.3 Å². The van der Waals surface area contributed by atoms with Gasteiger partial charge in [-0.2, -0.15) is 0 Å². The molecule has 1 unspecified atom stereocenters. The summed E-state index contributed by atoms with van der Waals surface area (Å²) in [5.74, 6) is -0.610. The molecule has 1 aromatic heterocycles. The van der Waals surface area contributed by atoms with E-state index in [0.717, 1.165) is 11.8 Å². The van der Waals surface area contributed by atoms with Gasteiger partial charge in [0.1, 0.15) is 0 Å². The first kappa shape index (κ1) is 16.4. The standard InChI is InChI=1S/C14H15N3O3S2/c1-10-6-3-4-7-12(10)22(19,20)17-13(18)11(2)21-14-15-8-5-9-16-14/h3-9,11H,1-2H3,(H,17,18). The number of thioether (sulfide) groups is 1. The van der Waals surface area contributed by atoms with Crippen LogP contribution in [-0.2, 0) is 14.8 Å². The highest BCUT2D eigenvalue weighted by Crippen LogP contribution is 2.20. The van der Waals surface area contributed by atoms with E-state index in [2.05, 4.69) is 14.7 Å². The van der Waals surface area contributed by atoms with Crippen molar-refractivity contribution >= 4 is 27.7 Å². The van der Waals surface area contributed by atoms with Gasteiger partial charge >= 0.3 is 0 Å². The Morgan fingerprint density at radius 2 is 1.82 bits per heavy atom. The van der Waals surface area contributed by atoms with E-state index in [4.69, 9.17) is 0 Å². The van der Waals surface area contributed by atoms with Crippen molar-refractivity contribution in [1.29, 1.82) is 0 Å². The normalized spacial score (nSPS) is 12.6. The van der Waals surface area contributed by atoms with Crippen LogP contribution >= 0.6 is 11.8 Å². The number of aryl methyl sites for hydroxylation is 1. The minimum absolute atomic E-state index is 0.0940. The highest BCUT2D eigenvalue weighted by Gasteiger charge is 2.24. The van der Waals surface area contributed by atoms with E-state index in [1.54, 1.807) is 50.5 Å². The maximum Gasteiger partial charge on any atom is 0.264 e. The van der Waals surface area contributed by atoms with Crippen LogP contribution in [0.5, 0.6) is 0 Å². The Labute approximate surface area is 133 Å². The number of amides is 1. The number of carbonyl (C=O) groups excluding carboxylic acids is 1. The van der Waals surface area contributed by atoms with Crippen LogP contribution in [0.3, 0.4) is 0 Å². The predicted molar refractivity (Wildman–Crippen MR) is 83.9 cm³/mol. The number of hydrogen-bond acceptors (Lipinski definition) is 6. The van der Waals surface area contributed by atoms with Crippen molar-refractivity contribution in [2.75, 3.05) is 0 Å². The summed E-state index contributed by atoms with van der Waals surface area (Å²) < 4.78 is 26.6. The number of nitrogens with zero attached hydrogens (tertiary/aromatic N) is 2. The van der Waals surface area contributed by atoms with Crippen LogP contribution in [-0.4, -0.2) is 29.5 Å². The molecule has 1 heterocycles. The third-order valence-corrected chi connectivity index (χ3v) is 5.31. The van der Waals surface area contributed by atoms with E-state index in [0.29, 0.717) is 10.7 Å². The maximum absolute atomic E-state index is 12.2. The Kier molecular flexibility index (Phi) is 5.15. The highest BCUT2D eigenvalue weighted by atomic mass is 32.2. The SMILES string of the molecule is Cc1ccccc1S(=O)(=O)NC(=O)C(C)Sc1ncccn1. The molecule has 0 saturated carbocycles. The number of hydrogen-bond donors (Lipinski definition) is 1. The van der Waals surface area contributed by atoms with Crippen LogP contribution in [0.2, 0.25) is 0 Å². The summed E-state index contributed by atoms with van der Waals surface area (Å²) in [7, 11) is -3.88. The Morgan fingerprint density at radius 1 is 1.18 bits per heavy atom. The molecule has 1 atom stereocenters. The molecular weight excluding hydrogens is 322 g/mol. The monoisotopic (exact) mass is 337 g/mol. The van der Waals surface area contributed by atoms with Gasteiger partial charge in [0.2, 0.25) is 5.91 Å². The van der Waals surface area contributed by atoms with Gasteiger partial charge in [-0.1, -0.05) is 30.0 Å². The van der Waals surface area contributed by atoms with E-state index in [9.17, 15) is 13.2 Å². The van der Waals surface area contributed by atoms with Crippen molar-refractivity contribution < 1.29 is 13.2 Å². The first-order valence-corrected chi connectivity index (χ1v) is 8.82. The molecule has 0 spiro atoms. The first-order valence-electron chi connectivity index (χ1n) is 6.46. The van der Waals surface area contributed by atoms with E-state index < -0.39 is 21.2 Å². The number of carbonyl (C=O) groups is 1. The molecule has 22 heavy (non-hydrogen) atoms. The molecular formula is C14H15N3O3S2. The van der Waals surface area contributed by atoms with E-state index in [1.807, 2.05) is 0 Å². The summed E-state index contributed by atoms with van der Waals surface area (Å²) in [6.07, 6.45) is 3.12. The Balaban J connectivity index is 2.09. The molecule has 116 valence electrons. The maximum atomic E-state index is 12.2. The lowest BCUT2D eigenvalue weighted by atomic mass is 10.2. The second-order valence-corrected chi connectivity index (χ2v) is 7.49. The number of nitrogens with one attached hydrogen (secondary N) is 1. The molecule has 1 amide bonds. The molecule has 0 aliphatic heterocycles. The van der Waals surface area contributed by atoms with E-state index >= 15 is 0 Å². The van der Waals surface area contributed by atoms with Crippen molar-refractivity contribution in [3.63, 3.8) is 0 Å². The summed E-state index contributed by atoms with van der Waals surface area (Å²) in [4.78, 5) is 20.2. The van der Waals surface area contributed by atoms with Crippen molar-refractivity contribution in [2.45, 2.75) is 29.1 Å². The molecule has 2 rings (SSSR count). The fourth-order valence-corrected chi connectivity index (χ4v) is 3.79. The van der Waals surface area contributed by atoms with Crippen molar-refractivity contribution in [1.82, 2.24) is 14.7 Å². The topological polar surface area (TPSA) is 89.0 Å². The quantitative estimate of drug-likeness (QED) is 0.661. The van der Waals surface area contributed by atoms with Crippen molar-refractivity contribution in [2.24, 2.45) is 0 Å². The zero-order valence-corrected chi connectivity index (χ0v) is 13.7. The van der Waals surface area contributed by atoms with Crippen LogP contribution < -0.4 is 4.72 Å². The Hall–Kier alpha value is -1.93. The van der Waals surface area contributed by atoms with Gasteiger partial charge in [-0.25, -0.2) is 23.1 Å². The smallest absolute Gasteiger partial charge is 0.264 e.